The lowest BCUT2D eigenvalue weighted by atomic mass is 10.3. The maximum atomic E-state index is 12.3. The lowest BCUT2D eigenvalue weighted by Gasteiger charge is -2.07. The van der Waals surface area contributed by atoms with E-state index in [1.165, 1.54) is 12.3 Å². The molecule has 2 rings (SSSR count). The normalized spacial score (nSPS) is 11.6. The van der Waals surface area contributed by atoms with Crippen LogP contribution in [0.25, 0.3) is 0 Å². The fourth-order valence-corrected chi connectivity index (χ4v) is 2.79. The van der Waals surface area contributed by atoms with E-state index < -0.39 is 10.0 Å². The highest BCUT2D eigenvalue weighted by Crippen LogP contribution is 2.19. The first-order chi connectivity index (χ1) is 9.46. The van der Waals surface area contributed by atoms with Crippen LogP contribution in [0.5, 0.6) is 0 Å². The number of nitrogens with two attached hydrogens (primary N) is 1. The summed E-state index contributed by atoms with van der Waals surface area (Å²) in [5.41, 5.74) is 7.25. The Bertz CT molecular complexity index is 691. The summed E-state index contributed by atoms with van der Waals surface area (Å²) in [7, 11) is -1.92. The van der Waals surface area contributed by atoms with Gasteiger partial charge >= 0.3 is 0 Å². The Labute approximate surface area is 117 Å². The smallest absolute Gasteiger partial charge is 0.263 e. The average molecular weight is 295 g/mol. The fourth-order valence-electron chi connectivity index (χ4n) is 1.78. The maximum Gasteiger partial charge on any atom is 0.263 e. The predicted molar refractivity (Wildman–Crippen MR) is 75.5 cm³/mol. The van der Waals surface area contributed by atoms with Gasteiger partial charge in [0.05, 0.1) is 17.1 Å². The molecule has 2 aromatic heterocycles. The van der Waals surface area contributed by atoms with Crippen molar-refractivity contribution in [3.05, 3.63) is 35.9 Å². The molecule has 20 heavy (non-hydrogen) atoms. The van der Waals surface area contributed by atoms with Gasteiger partial charge in [-0.2, -0.15) is 5.10 Å². The van der Waals surface area contributed by atoms with Crippen molar-refractivity contribution in [2.75, 3.05) is 4.72 Å². The molecule has 0 bridgehead atoms. The number of anilines is 1. The summed E-state index contributed by atoms with van der Waals surface area (Å²) in [6, 6.07) is 3.08. The molecular weight excluding hydrogens is 278 g/mol. The number of aromatic nitrogens is 3. The van der Waals surface area contributed by atoms with E-state index >= 15 is 0 Å². The van der Waals surface area contributed by atoms with Crippen molar-refractivity contribution in [2.45, 2.75) is 24.8 Å². The third-order valence-electron chi connectivity index (χ3n) is 2.80. The van der Waals surface area contributed by atoms with Crippen molar-refractivity contribution < 1.29 is 8.42 Å². The number of sulfonamides is 1. The van der Waals surface area contributed by atoms with Crippen molar-refractivity contribution in [2.24, 2.45) is 12.8 Å². The Hall–Kier alpha value is -1.93. The van der Waals surface area contributed by atoms with E-state index in [9.17, 15) is 8.42 Å². The van der Waals surface area contributed by atoms with Gasteiger partial charge in [-0.3, -0.25) is 14.4 Å². The second-order valence-electron chi connectivity index (χ2n) is 4.31. The molecule has 0 aliphatic heterocycles. The van der Waals surface area contributed by atoms with Gasteiger partial charge in [0.25, 0.3) is 10.0 Å². The standard InChI is InChI=1S/C12H17N5O2S/c1-3-11-12(8-17(2)15-11)16-20(18,19)10-5-4-9(6-13)14-7-10/h4-5,7-8,16H,3,6,13H2,1-2H3. The molecule has 0 amide bonds. The van der Waals surface area contributed by atoms with Crippen LogP contribution in [0.15, 0.2) is 29.4 Å². The summed E-state index contributed by atoms with van der Waals surface area (Å²) in [6.45, 7) is 2.19. The van der Waals surface area contributed by atoms with E-state index in [1.807, 2.05) is 6.92 Å². The molecule has 0 aromatic carbocycles. The lowest BCUT2D eigenvalue weighted by Crippen LogP contribution is -2.14. The molecular formula is C12H17N5O2S. The molecule has 0 radical (unpaired) electrons. The van der Waals surface area contributed by atoms with E-state index in [0.717, 1.165) is 0 Å². The number of hydrogen-bond donors (Lipinski definition) is 2. The number of nitrogens with zero attached hydrogens (tertiary/aromatic N) is 3. The summed E-state index contributed by atoms with van der Waals surface area (Å²) >= 11 is 0. The zero-order chi connectivity index (χ0) is 14.8. The number of nitrogens with one attached hydrogen (secondary N) is 1. The SMILES string of the molecule is CCc1nn(C)cc1NS(=O)(=O)c1ccc(CN)nc1. The van der Waals surface area contributed by atoms with E-state index in [-0.39, 0.29) is 11.4 Å². The van der Waals surface area contributed by atoms with Crippen molar-refractivity contribution in [1.29, 1.82) is 0 Å². The van der Waals surface area contributed by atoms with Crippen LogP contribution in [0.2, 0.25) is 0 Å². The highest BCUT2D eigenvalue weighted by Gasteiger charge is 2.17. The molecule has 8 heteroatoms. The summed E-state index contributed by atoms with van der Waals surface area (Å²) in [5, 5.41) is 4.19. The molecule has 2 aromatic rings. The topological polar surface area (TPSA) is 103 Å². The van der Waals surface area contributed by atoms with Crippen LogP contribution in [0.1, 0.15) is 18.3 Å². The molecule has 0 atom stereocenters. The van der Waals surface area contributed by atoms with Crippen LogP contribution >= 0.6 is 0 Å². The van der Waals surface area contributed by atoms with Gasteiger partial charge in [-0.05, 0) is 18.6 Å². The molecule has 7 nitrogen and oxygen atoms in total. The molecule has 0 aliphatic carbocycles. The average Bonchev–Trinajstić information content (AvgIpc) is 2.78. The maximum absolute atomic E-state index is 12.3. The molecule has 0 fully saturated rings. The van der Waals surface area contributed by atoms with Crippen LogP contribution in [-0.4, -0.2) is 23.2 Å². The molecule has 108 valence electrons. The van der Waals surface area contributed by atoms with Crippen LogP contribution < -0.4 is 10.5 Å². The van der Waals surface area contributed by atoms with Gasteiger partial charge in [0.15, 0.2) is 0 Å². The van der Waals surface area contributed by atoms with E-state index in [0.29, 0.717) is 23.5 Å². The van der Waals surface area contributed by atoms with Crippen LogP contribution in [0, 0.1) is 0 Å². The van der Waals surface area contributed by atoms with Crippen LogP contribution in [0.4, 0.5) is 5.69 Å². The van der Waals surface area contributed by atoms with Gasteiger partial charge in [-0.15, -0.1) is 0 Å². The summed E-state index contributed by atoms with van der Waals surface area (Å²) in [4.78, 5) is 4.09. The first kappa shape index (κ1) is 14.5. The Morgan fingerprint density at radius 3 is 2.70 bits per heavy atom. The van der Waals surface area contributed by atoms with Gasteiger partial charge in [-0.25, -0.2) is 8.42 Å². The molecule has 0 saturated heterocycles. The van der Waals surface area contributed by atoms with Crippen molar-refractivity contribution >= 4 is 15.7 Å². The van der Waals surface area contributed by atoms with Crippen LogP contribution in [-0.2, 0) is 30.0 Å². The zero-order valence-corrected chi connectivity index (χ0v) is 12.2. The largest absolute Gasteiger partial charge is 0.325 e. The van der Waals surface area contributed by atoms with Crippen molar-refractivity contribution in [1.82, 2.24) is 14.8 Å². The second kappa shape index (κ2) is 5.59. The zero-order valence-electron chi connectivity index (χ0n) is 11.4. The molecule has 2 heterocycles. The number of rotatable bonds is 5. The number of hydrogen-bond acceptors (Lipinski definition) is 5. The monoisotopic (exact) mass is 295 g/mol. The molecule has 0 aliphatic rings. The van der Waals surface area contributed by atoms with Crippen molar-refractivity contribution in [3.63, 3.8) is 0 Å². The third-order valence-corrected chi connectivity index (χ3v) is 4.15. The van der Waals surface area contributed by atoms with Crippen molar-refractivity contribution in [3.8, 4) is 0 Å². The van der Waals surface area contributed by atoms with Crippen LogP contribution in [0.3, 0.4) is 0 Å². The summed E-state index contributed by atoms with van der Waals surface area (Å²) in [6.07, 6.45) is 3.58. The molecule has 0 saturated carbocycles. The minimum absolute atomic E-state index is 0.0978. The summed E-state index contributed by atoms with van der Waals surface area (Å²) < 4.78 is 28.6. The second-order valence-corrected chi connectivity index (χ2v) is 5.99. The molecule has 3 N–H and O–H groups in total. The fraction of sp³-hybridized carbons (Fsp3) is 0.333. The first-order valence-electron chi connectivity index (χ1n) is 6.16. The molecule has 0 unspecified atom stereocenters. The summed E-state index contributed by atoms with van der Waals surface area (Å²) in [5.74, 6) is 0. The van der Waals surface area contributed by atoms with E-state index in [4.69, 9.17) is 5.73 Å². The van der Waals surface area contributed by atoms with Gasteiger partial charge in [-0.1, -0.05) is 6.92 Å². The minimum Gasteiger partial charge on any atom is -0.325 e. The van der Waals surface area contributed by atoms with Gasteiger partial charge in [0, 0.05) is 26.0 Å². The number of pyridine rings is 1. The Kier molecular flexibility index (Phi) is 4.05. The highest BCUT2D eigenvalue weighted by molar-refractivity contribution is 7.92. The third kappa shape index (κ3) is 2.97. The van der Waals surface area contributed by atoms with E-state index in [1.54, 1.807) is 24.0 Å². The predicted octanol–water partition coefficient (Wildman–Crippen LogP) is 0.637. The Morgan fingerprint density at radius 2 is 2.15 bits per heavy atom. The lowest BCUT2D eigenvalue weighted by molar-refractivity contribution is 0.600. The van der Waals surface area contributed by atoms with Gasteiger partial charge in [0.1, 0.15) is 4.90 Å². The Balaban J connectivity index is 2.30. The highest BCUT2D eigenvalue weighted by atomic mass is 32.2. The number of aryl methyl sites for hydroxylation is 2. The van der Waals surface area contributed by atoms with Gasteiger partial charge in [0.2, 0.25) is 0 Å². The Morgan fingerprint density at radius 1 is 1.40 bits per heavy atom. The minimum atomic E-state index is -3.66. The quantitative estimate of drug-likeness (QED) is 0.842. The van der Waals surface area contributed by atoms with E-state index in [2.05, 4.69) is 14.8 Å². The van der Waals surface area contributed by atoms with Gasteiger partial charge < -0.3 is 5.73 Å². The first-order valence-corrected chi connectivity index (χ1v) is 7.65. The molecule has 0 spiro atoms.